The van der Waals surface area contributed by atoms with Gasteiger partial charge in [-0.15, -0.1) is 0 Å². The quantitative estimate of drug-likeness (QED) is 0.232. The van der Waals surface area contributed by atoms with Crippen LogP contribution in [-0.2, 0) is 0 Å². The number of ether oxygens (including phenoxy) is 1. The summed E-state index contributed by atoms with van der Waals surface area (Å²) in [7, 11) is 0. The maximum absolute atomic E-state index is 12.7. The van der Waals surface area contributed by atoms with Crippen molar-refractivity contribution in [2.75, 3.05) is 0 Å². The fourth-order valence-electron chi connectivity index (χ4n) is 3.09. The van der Waals surface area contributed by atoms with Crippen LogP contribution in [0.1, 0.15) is 21.5 Å². The van der Waals surface area contributed by atoms with Gasteiger partial charge in [-0.2, -0.15) is 0 Å². The SMILES string of the molecule is Cc1cc2oc(=O)c(C(=O)/C=C/c3cccc(Oc4ccccc4)c3)c(O)c2cc1Cl. The first-order chi connectivity index (χ1) is 14.9. The molecular weight excluding hydrogens is 416 g/mol. The number of carbonyl (C=O) groups is 1. The molecule has 0 unspecified atom stereocenters. The minimum absolute atomic E-state index is 0.163. The molecule has 4 rings (SSSR count). The summed E-state index contributed by atoms with van der Waals surface area (Å²) >= 11 is 6.10. The second-order valence-corrected chi connectivity index (χ2v) is 7.30. The van der Waals surface area contributed by atoms with Gasteiger partial charge in [0.15, 0.2) is 5.78 Å². The van der Waals surface area contributed by atoms with Gasteiger partial charge in [0, 0.05) is 5.02 Å². The van der Waals surface area contributed by atoms with E-state index in [1.165, 1.54) is 18.2 Å². The number of halogens is 1. The zero-order valence-electron chi connectivity index (χ0n) is 16.5. The van der Waals surface area contributed by atoms with E-state index in [9.17, 15) is 14.7 Å². The summed E-state index contributed by atoms with van der Waals surface area (Å²) in [5.74, 6) is 0.148. The topological polar surface area (TPSA) is 76.7 Å². The fourth-order valence-corrected chi connectivity index (χ4v) is 3.25. The van der Waals surface area contributed by atoms with Crippen LogP contribution < -0.4 is 10.4 Å². The summed E-state index contributed by atoms with van der Waals surface area (Å²) in [5, 5.41) is 11.1. The summed E-state index contributed by atoms with van der Waals surface area (Å²) in [6.45, 7) is 1.75. The van der Waals surface area contributed by atoms with Gasteiger partial charge in [-0.3, -0.25) is 4.79 Å². The van der Waals surface area contributed by atoms with E-state index in [2.05, 4.69) is 0 Å². The Morgan fingerprint density at radius 2 is 1.77 bits per heavy atom. The number of ketones is 1. The van der Waals surface area contributed by atoms with Crippen LogP contribution in [0, 0.1) is 6.92 Å². The van der Waals surface area contributed by atoms with Gasteiger partial charge in [0.25, 0.3) is 0 Å². The highest BCUT2D eigenvalue weighted by atomic mass is 35.5. The lowest BCUT2D eigenvalue weighted by molar-refractivity contribution is 0.104. The minimum Gasteiger partial charge on any atom is -0.506 e. The summed E-state index contributed by atoms with van der Waals surface area (Å²) in [6, 6.07) is 19.4. The summed E-state index contributed by atoms with van der Waals surface area (Å²) < 4.78 is 11.0. The van der Waals surface area contributed by atoms with Crippen molar-refractivity contribution < 1.29 is 19.1 Å². The zero-order chi connectivity index (χ0) is 22.0. The molecule has 5 nitrogen and oxygen atoms in total. The molecule has 0 saturated heterocycles. The zero-order valence-corrected chi connectivity index (χ0v) is 17.2. The molecule has 0 saturated carbocycles. The lowest BCUT2D eigenvalue weighted by Crippen LogP contribution is -2.12. The molecule has 0 aliphatic carbocycles. The Labute approximate surface area is 182 Å². The number of hydrogen-bond donors (Lipinski definition) is 1. The average molecular weight is 433 g/mol. The van der Waals surface area contributed by atoms with Crippen LogP contribution >= 0.6 is 11.6 Å². The number of para-hydroxylation sites is 1. The van der Waals surface area contributed by atoms with Crippen molar-refractivity contribution in [1.82, 2.24) is 0 Å². The van der Waals surface area contributed by atoms with E-state index in [1.807, 2.05) is 30.3 Å². The summed E-state index contributed by atoms with van der Waals surface area (Å²) in [4.78, 5) is 25.0. The lowest BCUT2D eigenvalue weighted by atomic mass is 10.1. The molecule has 1 aromatic heterocycles. The second-order valence-electron chi connectivity index (χ2n) is 6.90. The fraction of sp³-hybridized carbons (Fsp3) is 0.0400. The van der Waals surface area contributed by atoms with E-state index >= 15 is 0 Å². The third-order valence-corrected chi connectivity index (χ3v) is 5.08. The van der Waals surface area contributed by atoms with E-state index in [0.717, 1.165) is 0 Å². The molecule has 1 N–H and O–H groups in total. The van der Waals surface area contributed by atoms with Crippen LogP contribution in [0.3, 0.4) is 0 Å². The molecule has 0 fully saturated rings. The van der Waals surface area contributed by atoms with Gasteiger partial charge in [-0.1, -0.05) is 48.0 Å². The smallest absolute Gasteiger partial charge is 0.351 e. The van der Waals surface area contributed by atoms with Gasteiger partial charge >= 0.3 is 5.63 Å². The predicted octanol–water partition coefficient (Wildman–Crippen LogP) is 6.15. The van der Waals surface area contributed by atoms with E-state index in [1.54, 1.807) is 37.3 Å². The average Bonchev–Trinajstić information content (AvgIpc) is 2.75. The van der Waals surface area contributed by atoms with Gasteiger partial charge in [0.2, 0.25) is 0 Å². The summed E-state index contributed by atoms with van der Waals surface area (Å²) in [6.07, 6.45) is 2.74. The number of aryl methyl sites for hydroxylation is 1. The maximum Gasteiger partial charge on any atom is 0.351 e. The Balaban J connectivity index is 1.63. The Morgan fingerprint density at radius 1 is 1.03 bits per heavy atom. The maximum atomic E-state index is 12.7. The molecule has 0 spiro atoms. The minimum atomic E-state index is -0.914. The van der Waals surface area contributed by atoms with E-state index in [-0.39, 0.29) is 11.0 Å². The first-order valence-electron chi connectivity index (χ1n) is 9.43. The predicted molar refractivity (Wildman–Crippen MR) is 120 cm³/mol. The number of rotatable bonds is 5. The Kier molecular flexibility index (Phi) is 5.60. The third-order valence-electron chi connectivity index (χ3n) is 4.67. The standard InChI is InChI=1S/C25H17ClO5/c1-15-12-22-19(14-20(15)26)24(28)23(25(29)31-22)21(27)11-10-16-6-5-9-18(13-16)30-17-7-3-2-4-8-17/h2-14,28H,1H3/b11-10+. The summed E-state index contributed by atoms with van der Waals surface area (Å²) in [5.41, 5.74) is 0.178. The molecule has 0 atom stereocenters. The van der Waals surface area contributed by atoms with Gasteiger partial charge in [0.05, 0.1) is 5.39 Å². The van der Waals surface area contributed by atoms with Crippen LogP contribution in [0.4, 0.5) is 0 Å². The van der Waals surface area contributed by atoms with Crippen LogP contribution in [-0.4, -0.2) is 10.9 Å². The molecular formula is C25H17ClO5. The van der Waals surface area contributed by atoms with E-state index in [0.29, 0.717) is 27.6 Å². The molecule has 4 aromatic rings. The molecule has 0 aliphatic heterocycles. The van der Waals surface area contributed by atoms with E-state index in [4.69, 9.17) is 20.8 Å². The Hall–Kier alpha value is -3.83. The highest BCUT2D eigenvalue weighted by molar-refractivity contribution is 6.32. The van der Waals surface area contributed by atoms with Crippen LogP contribution in [0.25, 0.3) is 17.0 Å². The van der Waals surface area contributed by atoms with Crippen molar-refractivity contribution in [2.24, 2.45) is 0 Å². The van der Waals surface area contributed by atoms with Crippen molar-refractivity contribution in [3.05, 3.63) is 105 Å². The second kappa shape index (κ2) is 8.50. The van der Waals surface area contributed by atoms with Gasteiger partial charge in [-0.25, -0.2) is 4.79 Å². The third kappa shape index (κ3) is 4.37. The molecule has 3 aromatic carbocycles. The van der Waals surface area contributed by atoms with Crippen molar-refractivity contribution in [3.63, 3.8) is 0 Å². The molecule has 6 heteroatoms. The molecule has 0 bridgehead atoms. The van der Waals surface area contributed by atoms with Crippen LogP contribution in [0.2, 0.25) is 5.02 Å². The first kappa shape index (κ1) is 20.4. The molecule has 0 radical (unpaired) electrons. The largest absolute Gasteiger partial charge is 0.506 e. The Bertz CT molecular complexity index is 1370. The van der Waals surface area contributed by atoms with Crippen molar-refractivity contribution in [3.8, 4) is 17.2 Å². The lowest BCUT2D eigenvalue weighted by Gasteiger charge is -2.07. The molecule has 0 aliphatic rings. The molecule has 0 amide bonds. The molecule has 154 valence electrons. The number of fused-ring (bicyclic) bond motifs is 1. The van der Waals surface area contributed by atoms with Crippen molar-refractivity contribution >= 4 is 34.4 Å². The van der Waals surface area contributed by atoms with Gasteiger partial charge < -0.3 is 14.3 Å². The monoisotopic (exact) mass is 432 g/mol. The van der Waals surface area contributed by atoms with Gasteiger partial charge in [-0.05, 0) is 60.5 Å². The number of carbonyl (C=O) groups excluding carboxylic acids is 1. The number of hydrogen-bond acceptors (Lipinski definition) is 5. The highest BCUT2D eigenvalue weighted by Gasteiger charge is 2.20. The first-order valence-corrected chi connectivity index (χ1v) is 9.81. The molecule has 1 heterocycles. The number of allylic oxidation sites excluding steroid dienone is 1. The number of benzene rings is 3. The normalized spacial score (nSPS) is 11.2. The van der Waals surface area contributed by atoms with Gasteiger partial charge in [0.1, 0.15) is 28.4 Å². The van der Waals surface area contributed by atoms with Crippen LogP contribution in [0.15, 0.2) is 82.0 Å². The van der Waals surface area contributed by atoms with Crippen LogP contribution in [0.5, 0.6) is 17.2 Å². The Morgan fingerprint density at radius 3 is 2.55 bits per heavy atom. The highest BCUT2D eigenvalue weighted by Crippen LogP contribution is 2.31. The van der Waals surface area contributed by atoms with Crippen molar-refractivity contribution in [1.29, 1.82) is 0 Å². The number of aromatic hydroxyl groups is 1. The molecule has 31 heavy (non-hydrogen) atoms. The van der Waals surface area contributed by atoms with Crippen molar-refractivity contribution in [2.45, 2.75) is 6.92 Å². The van der Waals surface area contributed by atoms with E-state index < -0.39 is 22.7 Å².